The quantitative estimate of drug-likeness (QED) is 0.0940. The van der Waals surface area contributed by atoms with Crippen molar-refractivity contribution in [1.29, 1.82) is 0 Å². The van der Waals surface area contributed by atoms with Gasteiger partial charge in [-0.2, -0.15) is 0 Å². The summed E-state index contributed by atoms with van der Waals surface area (Å²) in [6.07, 6.45) is 3.97. The van der Waals surface area contributed by atoms with E-state index in [-0.39, 0.29) is 28.5 Å². The summed E-state index contributed by atoms with van der Waals surface area (Å²) in [6.45, 7) is 10.1. The summed E-state index contributed by atoms with van der Waals surface area (Å²) < 4.78 is 35.4. The standard InChI is InChI=1S/C42H46Cl2N6O6S/c1-42(2)16-14-29(37(25-42)28-6-8-30(43)9-7-28)27-48-18-20-49(21-19-48)33-10-12-36(40(23-33)56-34-5-3-4-31(44)22-34)41(51)47-57(54,55)35-11-13-38(39(24-35)50(52)53)46-32-15-17-45-26-32/h3-13,22-24,32,45-46H,14-21,25-27H2,1-2H3,(H,47,51)/t32-/m0/s1. The van der Waals surface area contributed by atoms with Gasteiger partial charge in [0, 0.05) is 73.2 Å². The molecule has 2 aliphatic heterocycles. The van der Waals surface area contributed by atoms with Gasteiger partial charge in [0.1, 0.15) is 17.2 Å². The van der Waals surface area contributed by atoms with Crippen LogP contribution < -0.4 is 25.0 Å². The van der Waals surface area contributed by atoms with Gasteiger partial charge in [-0.1, -0.05) is 60.8 Å². The molecule has 1 amide bonds. The lowest BCUT2D eigenvalue weighted by molar-refractivity contribution is -0.384. The molecule has 300 valence electrons. The first kappa shape index (κ1) is 40.5. The van der Waals surface area contributed by atoms with Gasteiger partial charge in [-0.3, -0.25) is 19.8 Å². The van der Waals surface area contributed by atoms with Crippen molar-refractivity contribution < 1.29 is 22.9 Å². The van der Waals surface area contributed by atoms with E-state index in [0.29, 0.717) is 17.3 Å². The van der Waals surface area contributed by atoms with Gasteiger partial charge in [0.15, 0.2) is 0 Å². The SMILES string of the molecule is CC1(C)CCC(CN2CCN(c3ccc(C(=O)NS(=O)(=O)c4ccc(N[C@H]5CCNC5)c([N+](=O)[O-])c4)c(Oc4cccc(Cl)c4)c3)CC2)=C(c2ccc(Cl)cc2)C1. The van der Waals surface area contributed by atoms with Crippen LogP contribution in [0.25, 0.3) is 5.57 Å². The Balaban J connectivity index is 1.09. The number of anilines is 2. The zero-order valence-corrected chi connectivity index (χ0v) is 34.2. The van der Waals surface area contributed by atoms with Crippen LogP contribution in [-0.4, -0.2) is 76.0 Å². The number of nitro groups is 1. The Hall–Kier alpha value is -4.66. The maximum atomic E-state index is 13.8. The highest BCUT2D eigenvalue weighted by Gasteiger charge is 2.31. The van der Waals surface area contributed by atoms with Crippen molar-refractivity contribution in [1.82, 2.24) is 14.9 Å². The number of rotatable bonds is 12. The minimum atomic E-state index is -4.53. The minimum absolute atomic E-state index is 0.0309. The Morgan fingerprint density at radius 1 is 0.982 bits per heavy atom. The molecule has 1 aliphatic carbocycles. The molecule has 2 heterocycles. The number of halogens is 2. The number of ether oxygens (including phenoxy) is 1. The molecule has 3 aliphatic rings. The average Bonchev–Trinajstić information content (AvgIpc) is 3.69. The topological polar surface area (TPSA) is 146 Å². The predicted molar refractivity (Wildman–Crippen MR) is 225 cm³/mol. The van der Waals surface area contributed by atoms with E-state index < -0.39 is 31.4 Å². The molecule has 2 saturated heterocycles. The average molecular weight is 834 g/mol. The lowest BCUT2D eigenvalue weighted by atomic mass is 9.72. The molecule has 3 N–H and O–H groups in total. The lowest BCUT2D eigenvalue weighted by Gasteiger charge is -2.39. The van der Waals surface area contributed by atoms with Gasteiger partial charge >= 0.3 is 0 Å². The van der Waals surface area contributed by atoms with Crippen molar-refractivity contribution in [2.75, 3.05) is 56.0 Å². The first-order chi connectivity index (χ1) is 27.2. The van der Waals surface area contributed by atoms with Crippen LogP contribution in [0.2, 0.25) is 10.0 Å². The summed E-state index contributed by atoms with van der Waals surface area (Å²) in [7, 11) is -4.53. The molecule has 0 aromatic heterocycles. The lowest BCUT2D eigenvalue weighted by Crippen LogP contribution is -2.47. The molecule has 4 aromatic carbocycles. The number of piperazine rings is 1. The largest absolute Gasteiger partial charge is 0.456 e. The molecule has 7 rings (SSSR count). The number of hydrogen-bond acceptors (Lipinski definition) is 10. The summed E-state index contributed by atoms with van der Waals surface area (Å²) in [4.78, 5) is 29.3. The Kier molecular flexibility index (Phi) is 12.1. The molecule has 0 spiro atoms. The fourth-order valence-electron chi connectivity index (χ4n) is 7.72. The molecule has 0 radical (unpaired) electrons. The molecule has 0 bridgehead atoms. The maximum absolute atomic E-state index is 13.8. The first-order valence-corrected chi connectivity index (χ1v) is 21.3. The molecular formula is C42H46Cl2N6O6S. The number of nitrogens with one attached hydrogen (secondary N) is 3. The van der Waals surface area contributed by atoms with E-state index >= 15 is 0 Å². The summed E-state index contributed by atoms with van der Waals surface area (Å²) in [5.74, 6) is -0.466. The van der Waals surface area contributed by atoms with E-state index in [9.17, 15) is 23.3 Å². The van der Waals surface area contributed by atoms with Crippen LogP contribution >= 0.6 is 23.2 Å². The van der Waals surface area contributed by atoms with Crippen molar-refractivity contribution in [3.05, 3.63) is 122 Å². The van der Waals surface area contributed by atoms with Crippen molar-refractivity contribution in [2.24, 2.45) is 5.41 Å². The number of carbonyl (C=O) groups excluding carboxylic acids is 1. The zero-order chi connectivity index (χ0) is 40.3. The fraction of sp³-hybridized carbons (Fsp3) is 0.357. The van der Waals surface area contributed by atoms with Crippen LogP contribution in [0.1, 0.15) is 55.5 Å². The summed E-state index contributed by atoms with van der Waals surface area (Å²) in [6, 6.07) is 23.4. The van der Waals surface area contributed by atoms with Gasteiger partial charge in [0.2, 0.25) is 0 Å². The summed E-state index contributed by atoms with van der Waals surface area (Å²) >= 11 is 12.5. The van der Waals surface area contributed by atoms with Crippen LogP contribution in [-0.2, 0) is 10.0 Å². The van der Waals surface area contributed by atoms with Crippen LogP contribution in [0.5, 0.6) is 11.5 Å². The number of hydrogen-bond donors (Lipinski definition) is 3. The minimum Gasteiger partial charge on any atom is -0.456 e. The highest BCUT2D eigenvalue weighted by molar-refractivity contribution is 7.90. The normalized spacial score (nSPS) is 18.7. The molecule has 57 heavy (non-hydrogen) atoms. The van der Waals surface area contributed by atoms with E-state index in [1.807, 2.05) is 12.1 Å². The predicted octanol–water partition coefficient (Wildman–Crippen LogP) is 8.37. The molecule has 0 unspecified atom stereocenters. The fourth-order valence-corrected chi connectivity index (χ4v) is 9.01. The second-order valence-electron chi connectivity index (χ2n) is 15.6. The van der Waals surface area contributed by atoms with Gasteiger partial charge in [-0.15, -0.1) is 0 Å². The third-order valence-corrected chi connectivity index (χ3v) is 12.7. The second-order valence-corrected chi connectivity index (χ2v) is 18.2. The summed E-state index contributed by atoms with van der Waals surface area (Å²) in [5, 5.41) is 19.4. The van der Waals surface area contributed by atoms with E-state index in [2.05, 4.69) is 51.1 Å². The van der Waals surface area contributed by atoms with E-state index in [4.69, 9.17) is 27.9 Å². The Morgan fingerprint density at radius 2 is 1.75 bits per heavy atom. The molecule has 15 heteroatoms. The number of amides is 1. The molecule has 1 atom stereocenters. The number of benzene rings is 4. The Labute approximate surface area is 343 Å². The van der Waals surface area contributed by atoms with Gasteiger partial charge < -0.3 is 20.3 Å². The zero-order valence-electron chi connectivity index (χ0n) is 31.9. The van der Waals surface area contributed by atoms with Gasteiger partial charge in [-0.05, 0) is 103 Å². The van der Waals surface area contributed by atoms with Crippen LogP contribution in [0, 0.1) is 15.5 Å². The molecule has 12 nitrogen and oxygen atoms in total. The number of nitrogens with zero attached hydrogens (tertiary/aromatic N) is 3. The van der Waals surface area contributed by atoms with E-state index in [1.54, 1.807) is 36.4 Å². The highest BCUT2D eigenvalue weighted by atomic mass is 35.5. The second kappa shape index (κ2) is 17.1. The van der Waals surface area contributed by atoms with Gasteiger partial charge in [0.05, 0.1) is 15.4 Å². The highest BCUT2D eigenvalue weighted by Crippen LogP contribution is 2.43. The first-order valence-electron chi connectivity index (χ1n) is 19.1. The third kappa shape index (κ3) is 9.90. The molecular weight excluding hydrogens is 787 g/mol. The summed E-state index contributed by atoms with van der Waals surface area (Å²) in [5.41, 5.74) is 4.90. The molecule has 4 aromatic rings. The van der Waals surface area contributed by atoms with Crippen molar-refractivity contribution in [3.63, 3.8) is 0 Å². The number of sulfonamides is 1. The van der Waals surface area contributed by atoms with Gasteiger partial charge in [0.25, 0.3) is 21.6 Å². The van der Waals surface area contributed by atoms with Crippen LogP contribution in [0.3, 0.4) is 0 Å². The van der Waals surface area contributed by atoms with Crippen molar-refractivity contribution >= 4 is 61.8 Å². The number of carbonyl (C=O) groups is 1. The third-order valence-electron chi connectivity index (χ3n) is 10.9. The van der Waals surface area contributed by atoms with Crippen LogP contribution in [0.4, 0.5) is 17.1 Å². The maximum Gasteiger partial charge on any atom is 0.293 e. The van der Waals surface area contributed by atoms with Crippen molar-refractivity contribution in [2.45, 2.75) is 50.5 Å². The number of nitro benzene ring substituents is 1. The Bertz CT molecular complexity index is 2290. The monoisotopic (exact) mass is 832 g/mol. The molecule has 0 saturated carbocycles. The van der Waals surface area contributed by atoms with Crippen molar-refractivity contribution in [3.8, 4) is 11.5 Å². The van der Waals surface area contributed by atoms with E-state index in [0.717, 1.165) is 81.7 Å². The molecule has 2 fully saturated rings. The van der Waals surface area contributed by atoms with E-state index in [1.165, 1.54) is 34.9 Å². The Morgan fingerprint density at radius 3 is 2.46 bits per heavy atom. The smallest absolute Gasteiger partial charge is 0.293 e. The number of allylic oxidation sites excluding steroid dienone is 1. The van der Waals surface area contributed by atoms with Crippen LogP contribution in [0.15, 0.2) is 95.4 Å². The van der Waals surface area contributed by atoms with Gasteiger partial charge in [-0.25, -0.2) is 13.1 Å².